The molecule has 0 fully saturated rings. The summed E-state index contributed by atoms with van der Waals surface area (Å²) >= 11 is 0. The van der Waals surface area contributed by atoms with Crippen LogP contribution in [0.25, 0.3) is 0 Å². The number of methoxy groups -OCH3 is 1. The molecule has 2 N–H and O–H groups in total. The standard InChI is InChI=1S/C18H26N6O2/c1-13(26-16-7-5-4-6-15(16)25-3)10-20-18(19-2)23-14-8-9-17-21-12-22-24(17)11-14/h4-7,12-14H,8-11H2,1-3H3,(H2,19,20,23). The van der Waals surface area contributed by atoms with Crippen LogP contribution in [-0.2, 0) is 13.0 Å². The Morgan fingerprint density at radius 1 is 1.38 bits per heavy atom. The number of aromatic nitrogens is 3. The Bertz CT molecular complexity index is 745. The van der Waals surface area contributed by atoms with E-state index in [1.165, 1.54) is 0 Å². The van der Waals surface area contributed by atoms with Crippen LogP contribution in [-0.4, -0.2) is 53.6 Å². The summed E-state index contributed by atoms with van der Waals surface area (Å²) in [4.78, 5) is 8.56. The molecule has 1 aliphatic rings. The lowest BCUT2D eigenvalue weighted by Crippen LogP contribution is -2.48. The summed E-state index contributed by atoms with van der Waals surface area (Å²) in [6.45, 7) is 3.43. The lowest BCUT2D eigenvalue weighted by molar-refractivity contribution is 0.213. The smallest absolute Gasteiger partial charge is 0.191 e. The van der Waals surface area contributed by atoms with Crippen molar-refractivity contribution in [2.24, 2.45) is 4.99 Å². The molecule has 2 unspecified atom stereocenters. The van der Waals surface area contributed by atoms with Crippen molar-refractivity contribution in [1.82, 2.24) is 25.4 Å². The minimum absolute atomic E-state index is 0.0434. The van der Waals surface area contributed by atoms with Gasteiger partial charge in [-0.2, -0.15) is 5.10 Å². The average Bonchev–Trinajstić information content (AvgIpc) is 3.13. The minimum atomic E-state index is -0.0434. The quantitative estimate of drug-likeness (QED) is 0.597. The van der Waals surface area contributed by atoms with E-state index in [0.29, 0.717) is 6.54 Å². The molecule has 0 saturated carbocycles. The third-order valence-corrected chi connectivity index (χ3v) is 4.32. The number of nitrogens with zero attached hydrogens (tertiary/aromatic N) is 4. The van der Waals surface area contributed by atoms with Gasteiger partial charge in [-0.1, -0.05) is 12.1 Å². The Labute approximate surface area is 153 Å². The second-order valence-electron chi connectivity index (χ2n) is 6.27. The Hall–Kier alpha value is -2.77. The van der Waals surface area contributed by atoms with E-state index >= 15 is 0 Å². The summed E-state index contributed by atoms with van der Waals surface area (Å²) in [7, 11) is 3.41. The Morgan fingerprint density at radius 3 is 2.96 bits per heavy atom. The fourth-order valence-electron chi connectivity index (χ4n) is 2.96. The van der Waals surface area contributed by atoms with Gasteiger partial charge in [0.1, 0.15) is 18.3 Å². The SMILES string of the molecule is CN=C(NCC(C)Oc1ccccc1OC)NC1CCc2ncnn2C1. The van der Waals surface area contributed by atoms with Crippen LogP contribution in [0, 0.1) is 0 Å². The molecule has 0 spiro atoms. The molecule has 0 amide bonds. The van der Waals surface area contributed by atoms with Crippen LogP contribution in [0.4, 0.5) is 0 Å². The first-order chi connectivity index (χ1) is 12.7. The summed E-state index contributed by atoms with van der Waals surface area (Å²) < 4.78 is 13.2. The molecule has 8 heteroatoms. The molecule has 8 nitrogen and oxygen atoms in total. The van der Waals surface area contributed by atoms with Crippen LogP contribution >= 0.6 is 0 Å². The van der Waals surface area contributed by atoms with Gasteiger partial charge in [-0.25, -0.2) is 9.67 Å². The number of ether oxygens (including phenoxy) is 2. The number of hydrogen-bond donors (Lipinski definition) is 2. The number of guanidine groups is 1. The van der Waals surface area contributed by atoms with Crippen molar-refractivity contribution >= 4 is 5.96 Å². The highest BCUT2D eigenvalue weighted by Gasteiger charge is 2.20. The zero-order chi connectivity index (χ0) is 18.4. The van der Waals surface area contributed by atoms with E-state index in [-0.39, 0.29) is 12.1 Å². The predicted octanol–water partition coefficient (Wildman–Crippen LogP) is 1.23. The minimum Gasteiger partial charge on any atom is -0.493 e. The van der Waals surface area contributed by atoms with Crippen LogP contribution in [0.5, 0.6) is 11.5 Å². The van der Waals surface area contributed by atoms with E-state index in [0.717, 1.165) is 42.7 Å². The van der Waals surface area contributed by atoms with Crippen molar-refractivity contribution in [1.29, 1.82) is 0 Å². The average molecular weight is 358 g/mol. The molecular weight excluding hydrogens is 332 g/mol. The Kier molecular flexibility index (Phi) is 5.93. The van der Waals surface area contributed by atoms with E-state index in [9.17, 15) is 0 Å². The van der Waals surface area contributed by atoms with Crippen molar-refractivity contribution in [3.8, 4) is 11.5 Å². The van der Waals surface area contributed by atoms with E-state index in [1.807, 2.05) is 35.9 Å². The number of rotatable bonds is 6. The number of aryl methyl sites for hydroxylation is 1. The Balaban J connectivity index is 1.48. The highest BCUT2D eigenvalue weighted by molar-refractivity contribution is 5.80. The molecule has 26 heavy (non-hydrogen) atoms. The largest absolute Gasteiger partial charge is 0.493 e. The second-order valence-corrected chi connectivity index (χ2v) is 6.27. The topological polar surface area (TPSA) is 85.6 Å². The number of nitrogens with one attached hydrogen (secondary N) is 2. The van der Waals surface area contributed by atoms with E-state index < -0.39 is 0 Å². The van der Waals surface area contributed by atoms with E-state index in [2.05, 4.69) is 25.7 Å². The number of hydrogen-bond acceptors (Lipinski definition) is 5. The summed E-state index contributed by atoms with van der Waals surface area (Å²) in [6.07, 6.45) is 3.49. The zero-order valence-electron chi connectivity index (χ0n) is 15.5. The Morgan fingerprint density at radius 2 is 2.19 bits per heavy atom. The molecule has 0 radical (unpaired) electrons. The maximum Gasteiger partial charge on any atom is 0.191 e. The summed E-state index contributed by atoms with van der Waals surface area (Å²) in [5, 5.41) is 11.0. The molecular formula is C18H26N6O2. The zero-order valence-corrected chi connectivity index (χ0v) is 15.5. The van der Waals surface area contributed by atoms with Gasteiger partial charge in [0.05, 0.1) is 20.2 Å². The summed E-state index contributed by atoms with van der Waals surface area (Å²) in [5.41, 5.74) is 0. The second kappa shape index (κ2) is 8.55. The third-order valence-electron chi connectivity index (χ3n) is 4.32. The molecule has 1 aromatic carbocycles. The molecule has 0 aliphatic carbocycles. The number of aliphatic imine (C=N–C) groups is 1. The fraction of sp³-hybridized carbons (Fsp3) is 0.500. The first-order valence-electron chi connectivity index (χ1n) is 8.83. The molecule has 2 atom stereocenters. The molecule has 0 bridgehead atoms. The van der Waals surface area contributed by atoms with Crippen LogP contribution in [0.1, 0.15) is 19.2 Å². The molecule has 2 aromatic rings. The van der Waals surface area contributed by atoms with Gasteiger partial charge < -0.3 is 20.1 Å². The van der Waals surface area contributed by atoms with Crippen molar-refractivity contribution in [3.63, 3.8) is 0 Å². The third kappa shape index (κ3) is 4.44. The van der Waals surface area contributed by atoms with Crippen LogP contribution in [0.2, 0.25) is 0 Å². The molecule has 2 heterocycles. The van der Waals surface area contributed by atoms with Gasteiger partial charge in [0.25, 0.3) is 0 Å². The van der Waals surface area contributed by atoms with Gasteiger partial charge in [0.15, 0.2) is 17.5 Å². The number of benzene rings is 1. The lowest BCUT2D eigenvalue weighted by Gasteiger charge is -2.26. The van der Waals surface area contributed by atoms with Crippen LogP contribution < -0.4 is 20.1 Å². The van der Waals surface area contributed by atoms with Crippen molar-refractivity contribution < 1.29 is 9.47 Å². The van der Waals surface area contributed by atoms with E-state index in [4.69, 9.17) is 9.47 Å². The van der Waals surface area contributed by atoms with Crippen molar-refractivity contribution in [2.75, 3.05) is 20.7 Å². The summed E-state index contributed by atoms with van der Waals surface area (Å²) in [6, 6.07) is 7.92. The summed E-state index contributed by atoms with van der Waals surface area (Å²) in [5.74, 6) is 3.27. The normalized spacial score (nSPS) is 18.0. The molecule has 0 saturated heterocycles. The first kappa shape index (κ1) is 18.0. The molecule has 1 aromatic heterocycles. The predicted molar refractivity (Wildman–Crippen MR) is 99.7 cm³/mol. The van der Waals surface area contributed by atoms with Crippen molar-refractivity contribution in [2.45, 2.75) is 38.5 Å². The van der Waals surface area contributed by atoms with Crippen LogP contribution in [0.15, 0.2) is 35.6 Å². The lowest BCUT2D eigenvalue weighted by atomic mass is 10.1. The highest BCUT2D eigenvalue weighted by Crippen LogP contribution is 2.26. The van der Waals surface area contributed by atoms with Gasteiger partial charge in [0.2, 0.25) is 0 Å². The fourth-order valence-corrected chi connectivity index (χ4v) is 2.96. The van der Waals surface area contributed by atoms with Gasteiger partial charge >= 0.3 is 0 Å². The molecule has 1 aliphatic heterocycles. The van der Waals surface area contributed by atoms with E-state index in [1.54, 1.807) is 20.5 Å². The molecule has 3 rings (SSSR count). The number of para-hydroxylation sites is 2. The van der Waals surface area contributed by atoms with Gasteiger partial charge in [-0.05, 0) is 25.5 Å². The highest BCUT2D eigenvalue weighted by atomic mass is 16.5. The van der Waals surface area contributed by atoms with Crippen LogP contribution in [0.3, 0.4) is 0 Å². The maximum absolute atomic E-state index is 5.96. The monoisotopic (exact) mass is 358 g/mol. The number of fused-ring (bicyclic) bond motifs is 1. The van der Waals surface area contributed by atoms with Gasteiger partial charge in [-0.15, -0.1) is 0 Å². The van der Waals surface area contributed by atoms with Gasteiger partial charge in [0, 0.05) is 19.5 Å². The van der Waals surface area contributed by atoms with Crippen molar-refractivity contribution in [3.05, 3.63) is 36.4 Å². The van der Waals surface area contributed by atoms with Gasteiger partial charge in [-0.3, -0.25) is 4.99 Å². The molecule has 140 valence electrons. The maximum atomic E-state index is 5.96. The first-order valence-corrected chi connectivity index (χ1v) is 8.83.